The summed E-state index contributed by atoms with van der Waals surface area (Å²) in [5, 5.41) is 9.13. The van der Waals surface area contributed by atoms with Crippen LogP contribution in [0.15, 0.2) is 24.3 Å². The highest BCUT2D eigenvalue weighted by molar-refractivity contribution is 5.75. The van der Waals surface area contributed by atoms with Crippen LogP contribution >= 0.6 is 0 Å². The minimum absolute atomic E-state index is 0.0861. The number of ether oxygens (including phenoxy) is 1. The van der Waals surface area contributed by atoms with E-state index in [9.17, 15) is 9.18 Å². The maximum absolute atomic E-state index is 13.2. The first-order chi connectivity index (χ1) is 9.00. The smallest absolute Gasteiger partial charge is 0.225 e. The van der Waals surface area contributed by atoms with Crippen molar-refractivity contribution in [2.45, 2.75) is 25.9 Å². The minimum Gasteiger partial charge on any atom is -0.490 e. The third-order valence-corrected chi connectivity index (χ3v) is 2.72. The van der Waals surface area contributed by atoms with Gasteiger partial charge in [-0.05, 0) is 25.5 Å². The van der Waals surface area contributed by atoms with E-state index in [1.165, 1.54) is 17.0 Å². The van der Waals surface area contributed by atoms with Crippen molar-refractivity contribution in [3.8, 4) is 5.75 Å². The molecule has 5 heteroatoms. The van der Waals surface area contributed by atoms with E-state index in [1.54, 1.807) is 26.1 Å². The molecule has 0 aromatic heterocycles. The third kappa shape index (κ3) is 5.70. The van der Waals surface area contributed by atoms with Gasteiger partial charge >= 0.3 is 0 Å². The van der Waals surface area contributed by atoms with Crippen LogP contribution in [0.1, 0.15) is 19.8 Å². The predicted octanol–water partition coefficient (Wildman–Crippen LogP) is 1.82. The lowest BCUT2D eigenvalue weighted by atomic mass is 10.2. The Labute approximate surface area is 112 Å². The Bertz CT molecular complexity index is 409. The molecule has 0 aliphatic heterocycles. The van der Waals surface area contributed by atoms with Gasteiger partial charge in [0.25, 0.3) is 0 Å². The largest absolute Gasteiger partial charge is 0.490 e. The third-order valence-electron chi connectivity index (χ3n) is 2.72. The Balaban J connectivity index is 2.29. The molecule has 0 spiro atoms. The number of aliphatic hydroxyl groups is 1. The van der Waals surface area contributed by atoms with Crippen molar-refractivity contribution in [1.29, 1.82) is 0 Å². The van der Waals surface area contributed by atoms with Crippen LogP contribution in [0.25, 0.3) is 0 Å². The average molecular weight is 269 g/mol. The Morgan fingerprint density at radius 1 is 1.47 bits per heavy atom. The molecule has 4 nitrogen and oxygen atoms in total. The summed E-state index contributed by atoms with van der Waals surface area (Å²) in [7, 11) is 1.67. The molecule has 1 atom stereocenters. The number of rotatable bonds is 7. The minimum atomic E-state index is -0.433. The number of carbonyl (C=O) groups excluding carboxylic acids is 1. The number of amides is 1. The number of hydrogen-bond donors (Lipinski definition) is 1. The van der Waals surface area contributed by atoms with Crippen molar-refractivity contribution < 1.29 is 19.0 Å². The van der Waals surface area contributed by atoms with Crippen molar-refractivity contribution in [3.05, 3.63) is 30.1 Å². The van der Waals surface area contributed by atoms with Crippen LogP contribution in [0, 0.1) is 5.82 Å². The Kier molecular flexibility index (Phi) is 6.29. The van der Waals surface area contributed by atoms with Gasteiger partial charge in [0.05, 0.1) is 19.1 Å². The van der Waals surface area contributed by atoms with Gasteiger partial charge in [-0.2, -0.15) is 0 Å². The fourth-order valence-electron chi connectivity index (χ4n) is 1.51. The second kappa shape index (κ2) is 7.74. The van der Waals surface area contributed by atoms with Gasteiger partial charge in [-0.1, -0.05) is 12.1 Å². The standard InChI is InChI=1S/C14H20FNO3/c1-11(17)7-9-16(2)14(18)8-10-19-13-6-4-3-5-12(13)15/h3-6,11,17H,7-10H2,1-2H3. The quantitative estimate of drug-likeness (QED) is 0.821. The molecule has 1 rings (SSSR count). The summed E-state index contributed by atoms with van der Waals surface area (Å²) in [4.78, 5) is 13.2. The van der Waals surface area contributed by atoms with Crippen LogP contribution in [0.2, 0.25) is 0 Å². The van der Waals surface area contributed by atoms with E-state index in [1.807, 2.05) is 0 Å². The summed E-state index contributed by atoms with van der Waals surface area (Å²) >= 11 is 0. The van der Waals surface area contributed by atoms with E-state index in [4.69, 9.17) is 9.84 Å². The molecule has 0 radical (unpaired) electrons. The van der Waals surface area contributed by atoms with Crippen LogP contribution in [-0.2, 0) is 4.79 Å². The molecule has 1 N–H and O–H groups in total. The van der Waals surface area contributed by atoms with Gasteiger partial charge in [-0.15, -0.1) is 0 Å². The summed E-state index contributed by atoms with van der Waals surface area (Å²) in [6.07, 6.45) is 0.297. The predicted molar refractivity (Wildman–Crippen MR) is 70.4 cm³/mol. The van der Waals surface area contributed by atoms with Gasteiger partial charge in [0, 0.05) is 13.6 Å². The second-order valence-electron chi connectivity index (χ2n) is 4.48. The molecule has 0 bridgehead atoms. The molecule has 106 valence electrons. The van der Waals surface area contributed by atoms with E-state index in [2.05, 4.69) is 0 Å². The number of aliphatic hydroxyl groups excluding tert-OH is 1. The van der Waals surface area contributed by atoms with E-state index in [0.29, 0.717) is 13.0 Å². The summed E-state index contributed by atoms with van der Waals surface area (Å²) < 4.78 is 18.4. The van der Waals surface area contributed by atoms with Crippen LogP contribution in [0.5, 0.6) is 5.75 Å². The second-order valence-corrected chi connectivity index (χ2v) is 4.48. The zero-order valence-electron chi connectivity index (χ0n) is 11.3. The molecule has 1 amide bonds. The molecule has 0 fully saturated rings. The molecule has 0 aliphatic rings. The number of halogens is 1. The number of para-hydroxylation sites is 1. The SMILES string of the molecule is CC(O)CCN(C)C(=O)CCOc1ccccc1F. The molecule has 0 heterocycles. The highest BCUT2D eigenvalue weighted by Gasteiger charge is 2.10. The maximum Gasteiger partial charge on any atom is 0.225 e. The van der Waals surface area contributed by atoms with Crippen LogP contribution in [0.4, 0.5) is 4.39 Å². The number of benzene rings is 1. The lowest BCUT2D eigenvalue weighted by Crippen LogP contribution is -2.30. The van der Waals surface area contributed by atoms with Crippen molar-refractivity contribution in [3.63, 3.8) is 0 Å². The molecular weight excluding hydrogens is 249 g/mol. The lowest BCUT2D eigenvalue weighted by molar-refractivity contribution is -0.130. The van der Waals surface area contributed by atoms with Gasteiger partial charge in [-0.25, -0.2) is 4.39 Å². The molecule has 0 saturated heterocycles. The van der Waals surface area contributed by atoms with E-state index >= 15 is 0 Å². The van der Waals surface area contributed by atoms with Crippen LogP contribution in [-0.4, -0.2) is 42.2 Å². The number of hydrogen-bond acceptors (Lipinski definition) is 3. The molecule has 1 unspecified atom stereocenters. The molecular formula is C14H20FNO3. The lowest BCUT2D eigenvalue weighted by Gasteiger charge is -2.18. The van der Waals surface area contributed by atoms with Gasteiger partial charge in [0.15, 0.2) is 11.6 Å². The Hall–Kier alpha value is -1.62. The summed E-state index contributed by atoms with van der Waals surface area (Å²) in [5.41, 5.74) is 0. The summed E-state index contributed by atoms with van der Waals surface area (Å²) in [5.74, 6) is -0.365. The molecule has 0 saturated carbocycles. The number of nitrogens with zero attached hydrogens (tertiary/aromatic N) is 1. The number of carbonyl (C=O) groups is 1. The van der Waals surface area contributed by atoms with Gasteiger partial charge in [-0.3, -0.25) is 4.79 Å². The topological polar surface area (TPSA) is 49.8 Å². The van der Waals surface area contributed by atoms with E-state index in [-0.39, 0.29) is 24.7 Å². The molecule has 1 aromatic carbocycles. The van der Waals surface area contributed by atoms with Crippen molar-refractivity contribution in [2.75, 3.05) is 20.2 Å². The van der Waals surface area contributed by atoms with Crippen molar-refractivity contribution in [2.24, 2.45) is 0 Å². The van der Waals surface area contributed by atoms with Gasteiger partial charge in [0.1, 0.15) is 0 Å². The fraction of sp³-hybridized carbons (Fsp3) is 0.500. The van der Waals surface area contributed by atoms with Gasteiger partial charge < -0.3 is 14.7 Å². The molecule has 19 heavy (non-hydrogen) atoms. The first kappa shape index (κ1) is 15.4. The maximum atomic E-state index is 13.2. The van der Waals surface area contributed by atoms with Crippen LogP contribution < -0.4 is 4.74 Å². The first-order valence-electron chi connectivity index (χ1n) is 6.30. The monoisotopic (exact) mass is 269 g/mol. The van der Waals surface area contributed by atoms with Crippen molar-refractivity contribution in [1.82, 2.24) is 4.90 Å². The highest BCUT2D eigenvalue weighted by atomic mass is 19.1. The Morgan fingerprint density at radius 2 is 2.16 bits per heavy atom. The first-order valence-corrected chi connectivity index (χ1v) is 6.30. The summed E-state index contributed by atoms with van der Waals surface area (Å²) in [6.45, 7) is 2.31. The average Bonchev–Trinajstić information content (AvgIpc) is 2.38. The van der Waals surface area contributed by atoms with E-state index in [0.717, 1.165) is 0 Å². The normalized spacial score (nSPS) is 12.0. The highest BCUT2D eigenvalue weighted by Crippen LogP contribution is 2.15. The van der Waals surface area contributed by atoms with Gasteiger partial charge in [0.2, 0.25) is 5.91 Å². The Morgan fingerprint density at radius 3 is 2.79 bits per heavy atom. The van der Waals surface area contributed by atoms with Crippen LogP contribution in [0.3, 0.4) is 0 Å². The zero-order chi connectivity index (χ0) is 14.3. The fourth-order valence-corrected chi connectivity index (χ4v) is 1.51. The van der Waals surface area contributed by atoms with E-state index < -0.39 is 11.9 Å². The molecule has 1 aromatic rings. The zero-order valence-corrected chi connectivity index (χ0v) is 11.3. The van der Waals surface area contributed by atoms with Crippen molar-refractivity contribution >= 4 is 5.91 Å². The summed E-state index contributed by atoms with van der Waals surface area (Å²) in [6, 6.07) is 6.09. The molecule has 0 aliphatic carbocycles.